The fourth-order valence-electron chi connectivity index (χ4n) is 1.68. The van der Waals surface area contributed by atoms with Gasteiger partial charge in [0.25, 0.3) is 0 Å². The number of carbonyl (C=O) groups excluding carboxylic acids is 1. The summed E-state index contributed by atoms with van der Waals surface area (Å²) in [4.78, 5) is 10.8. The Morgan fingerprint density at radius 3 is 2.28 bits per heavy atom. The van der Waals surface area contributed by atoms with E-state index in [1.807, 2.05) is 12.1 Å². The van der Waals surface area contributed by atoms with Crippen molar-refractivity contribution in [3.8, 4) is 5.75 Å². The molecule has 0 bridgehead atoms. The number of benzene rings is 1. The molecular weight excluding hydrogens is 275 g/mol. The maximum Gasteiger partial charge on any atom is 0.143 e. The molecule has 5 heteroatoms. The van der Waals surface area contributed by atoms with Crippen molar-refractivity contribution in [3.05, 3.63) is 29.8 Å². The van der Waals surface area contributed by atoms with Crippen molar-refractivity contribution in [3.63, 3.8) is 0 Å². The van der Waals surface area contributed by atoms with E-state index in [4.69, 9.17) is 27.9 Å². The van der Waals surface area contributed by atoms with Gasteiger partial charge in [-0.3, -0.25) is 0 Å². The molecule has 1 aliphatic rings. The minimum absolute atomic E-state index is 0.143. The average molecular weight is 288 g/mol. The van der Waals surface area contributed by atoms with Gasteiger partial charge in [-0.25, -0.2) is 0 Å². The summed E-state index contributed by atoms with van der Waals surface area (Å²) >= 11 is 12.0. The first kappa shape index (κ1) is 13.5. The Morgan fingerprint density at radius 2 is 1.89 bits per heavy atom. The Morgan fingerprint density at radius 1 is 1.39 bits per heavy atom. The monoisotopic (exact) mass is 287 g/mol. The number of ether oxygens (including phenoxy) is 1. The van der Waals surface area contributed by atoms with E-state index in [1.54, 1.807) is 12.1 Å². The fraction of sp³-hybridized carbons (Fsp3) is 0.462. The minimum Gasteiger partial charge on any atom is -0.546 e. The highest BCUT2D eigenvalue weighted by Crippen LogP contribution is 2.59. The van der Waals surface area contributed by atoms with E-state index < -0.39 is 15.9 Å². The van der Waals surface area contributed by atoms with Crippen LogP contribution in [0.3, 0.4) is 0 Å². The Bertz CT molecular complexity index is 466. The number of hydrogen-bond donors (Lipinski definition) is 0. The second-order valence-corrected chi connectivity index (χ2v) is 6.53. The van der Waals surface area contributed by atoms with Gasteiger partial charge in [-0.1, -0.05) is 12.1 Å². The molecule has 0 unspecified atom stereocenters. The Hall–Kier alpha value is -0.930. The number of halogens is 2. The maximum atomic E-state index is 10.8. The summed E-state index contributed by atoms with van der Waals surface area (Å²) in [6.07, 6.45) is 0.737. The van der Waals surface area contributed by atoms with Crippen LogP contribution in [0.2, 0.25) is 0 Å². The highest BCUT2D eigenvalue weighted by Gasteiger charge is 2.52. The molecule has 0 aliphatic heterocycles. The van der Waals surface area contributed by atoms with Crippen LogP contribution >= 0.6 is 23.2 Å². The van der Waals surface area contributed by atoms with Crippen LogP contribution in [0.4, 0.5) is 0 Å². The van der Waals surface area contributed by atoms with Crippen molar-refractivity contribution in [1.82, 2.24) is 0 Å². The number of rotatable bonds is 4. The van der Waals surface area contributed by atoms with Crippen LogP contribution in [0.15, 0.2) is 24.3 Å². The van der Waals surface area contributed by atoms with Gasteiger partial charge >= 0.3 is 0 Å². The number of carboxylic acid groups (broad SMARTS) is 1. The molecule has 98 valence electrons. The topological polar surface area (TPSA) is 49.4 Å². The van der Waals surface area contributed by atoms with Gasteiger partial charge in [-0.15, -0.1) is 23.2 Å². The van der Waals surface area contributed by atoms with E-state index >= 15 is 0 Å². The normalized spacial score (nSPS) is 21.4. The fourth-order valence-corrected chi connectivity index (χ4v) is 2.24. The third-order valence-corrected chi connectivity index (χ3v) is 3.81. The SMILES string of the molecule is CC(C)(Oc1ccc([C@H]2CC2(Cl)Cl)cc1)C(=O)[O-]. The van der Waals surface area contributed by atoms with Crippen LogP contribution in [-0.2, 0) is 4.79 Å². The van der Waals surface area contributed by atoms with Crippen molar-refractivity contribution in [2.24, 2.45) is 0 Å². The van der Waals surface area contributed by atoms with E-state index in [0.717, 1.165) is 12.0 Å². The summed E-state index contributed by atoms with van der Waals surface area (Å²) < 4.78 is 4.68. The molecule has 3 nitrogen and oxygen atoms in total. The molecule has 0 aromatic heterocycles. The van der Waals surface area contributed by atoms with Crippen LogP contribution in [0.5, 0.6) is 5.75 Å². The average Bonchev–Trinajstić information content (AvgIpc) is 2.88. The predicted octanol–water partition coefficient (Wildman–Crippen LogP) is 2.26. The van der Waals surface area contributed by atoms with Crippen LogP contribution < -0.4 is 9.84 Å². The van der Waals surface area contributed by atoms with Gasteiger partial charge < -0.3 is 14.6 Å². The highest BCUT2D eigenvalue weighted by molar-refractivity contribution is 6.51. The third kappa shape index (κ3) is 2.73. The van der Waals surface area contributed by atoms with Crippen LogP contribution in [-0.4, -0.2) is 15.9 Å². The molecule has 1 atom stereocenters. The number of alkyl halides is 2. The van der Waals surface area contributed by atoms with Gasteiger partial charge in [-0.2, -0.15) is 0 Å². The predicted molar refractivity (Wildman–Crippen MR) is 68.0 cm³/mol. The molecule has 18 heavy (non-hydrogen) atoms. The van der Waals surface area contributed by atoms with Crippen LogP contribution in [0.1, 0.15) is 31.7 Å². The number of aliphatic carboxylic acids is 1. The van der Waals surface area contributed by atoms with E-state index in [-0.39, 0.29) is 5.92 Å². The van der Waals surface area contributed by atoms with E-state index in [1.165, 1.54) is 13.8 Å². The number of carbonyl (C=O) groups is 1. The summed E-state index contributed by atoms with van der Waals surface area (Å²) in [5, 5.41) is 10.8. The van der Waals surface area contributed by atoms with Gasteiger partial charge in [-0.05, 0) is 38.0 Å². The molecule has 1 saturated carbocycles. The first-order chi connectivity index (χ1) is 8.22. The molecule has 1 fully saturated rings. The van der Waals surface area contributed by atoms with Crippen molar-refractivity contribution >= 4 is 29.2 Å². The molecule has 1 aromatic carbocycles. The van der Waals surface area contributed by atoms with Crippen LogP contribution in [0, 0.1) is 0 Å². The summed E-state index contributed by atoms with van der Waals surface area (Å²) in [6, 6.07) is 7.11. The van der Waals surface area contributed by atoms with Gasteiger partial charge in [0.15, 0.2) is 0 Å². The summed E-state index contributed by atoms with van der Waals surface area (Å²) in [7, 11) is 0. The minimum atomic E-state index is -1.36. The second kappa shape index (κ2) is 4.32. The standard InChI is InChI=1S/C13H14Cl2O3/c1-12(2,11(16)17)18-9-5-3-8(4-6-9)10-7-13(10,14)15/h3-6,10H,7H2,1-2H3,(H,16,17)/p-1/t10-/m1/s1. The van der Waals surface area contributed by atoms with Crippen LogP contribution in [0.25, 0.3) is 0 Å². The lowest BCUT2D eigenvalue weighted by Crippen LogP contribution is -2.47. The van der Waals surface area contributed by atoms with Gasteiger partial charge in [0.05, 0.1) is 5.97 Å². The lowest BCUT2D eigenvalue weighted by atomic mass is 10.1. The zero-order valence-corrected chi connectivity index (χ0v) is 11.6. The largest absolute Gasteiger partial charge is 0.546 e. The molecule has 1 aromatic rings. The van der Waals surface area contributed by atoms with E-state index in [2.05, 4.69) is 0 Å². The van der Waals surface area contributed by atoms with E-state index in [0.29, 0.717) is 5.75 Å². The quantitative estimate of drug-likeness (QED) is 0.798. The summed E-state index contributed by atoms with van der Waals surface area (Å²) in [5.41, 5.74) is -0.331. The van der Waals surface area contributed by atoms with Gasteiger partial charge in [0.1, 0.15) is 15.7 Å². The second-order valence-electron chi connectivity index (χ2n) is 4.99. The van der Waals surface area contributed by atoms with Crippen molar-refractivity contribution in [1.29, 1.82) is 0 Å². The number of carboxylic acids is 1. The molecule has 0 amide bonds. The molecule has 0 saturated heterocycles. The Kier molecular flexibility index (Phi) is 3.24. The molecular formula is C13H13Cl2O3-. The van der Waals surface area contributed by atoms with Crippen molar-refractivity contribution in [2.75, 3.05) is 0 Å². The lowest BCUT2D eigenvalue weighted by Gasteiger charge is -2.27. The molecule has 0 radical (unpaired) electrons. The van der Waals surface area contributed by atoms with Gasteiger partial charge in [0.2, 0.25) is 0 Å². The van der Waals surface area contributed by atoms with Crippen molar-refractivity contribution in [2.45, 2.75) is 36.1 Å². The molecule has 1 aliphatic carbocycles. The first-order valence-electron chi connectivity index (χ1n) is 5.60. The summed E-state index contributed by atoms with van der Waals surface area (Å²) in [5.74, 6) is -0.637. The Balaban J connectivity index is 2.07. The van der Waals surface area contributed by atoms with Crippen molar-refractivity contribution < 1.29 is 14.6 Å². The van der Waals surface area contributed by atoms with Gasteiger partial charge in [0, 0.05) is 5.92 Å². The molecule has 0 heterocycles. The zero-order chi connectivity index (χ0) is 13.6. The molecule has 0 spiro atoms. The molecule has 2 rings (SSSR count). The van der Waals surface area contributed by atoms with E-state index in [9.17, 15) is 9.90 Å². The molecule has 0 N–H and O–H groups in total. The smallest absolute Gasteiger partial charge is 0.143 e. The number of hydrogen-bond acceptors (Lipinski definition) is 3. The first-order valence-corrected chi connectivity index (χ1v) is 6.36. The lowest BCUT2D eigenvalue weighted by molar-refractivity contribution is -0.320. The Labute approximate surface area is 116 Å². The zero-order valence-electron chi connectivity index (χ0n) is 10.1. The highest BCUT2D eigenvalue weighted by atomic mass is 35.5. The maximum absolute atomic E-state index is 10.8. The third-order valence-electron chi connectivity index (χ3n) is 2.97. The summed E-state index contributed by atoms with van der Waals surface area (Å²) in [6.45, 7) is 2.89.